The van der Waals surface area contributed by atoms with Gasteiger partial charge in [0.25, 0.3) is 0 Å². The van der Waals surface area contributed by atoms with Crippen LogP contribution in [0.1, 0.15) is 30.6 Å². The maximum Gasteiger partial charge on any atom is 0.240 e. The van der Waals surface area contributed by atoms with Crippen LogP contribution >= 0.6 is 0 Å². The lowest BCUT2D eigenvalue weighted by Crippen LogP contribution is -2.24. The van der Waals surface area contributed by atoms with E-state index in [1.165, 1.54) is 5.56 Å². The van der Waals surface area contributed by atoms with E-state index >= 15 is 0 Å². The second kappa shape index (κ2) is 6.85. The minimum atomic E-state index is 0.363. The molecule has 4 nitrogen and oxygen atoms in total. The first kappa shape index (κ1) is 13.5. The van der Waals surface area contributed by atoms with Crippen LogP contribution in [-0.4, -0.2) is 16.2 Å². The summed E-state index contributed by atoms with van der Waals surface area (Å²) in [5.41, 5.74) is 1.18. The van der Waals surface area contributed by atoms with E-state index in [0.717, 1.165) is 12.2 Å². The van der Waals surface area contributed by atoms with Gasteiger partial charge in [0.1, 0.15) is 0 Å². The Morgan fingerprint density at radius 1 is 1.37 bits per heavy atom. The molecule has 4 heteroatoms. The molecule has 0 aliphatic heterocycles. The first-order valence-corrected chi connectivity index (χ1v) is 6.47. The molecule has 0 aliphatic carbocycles. The average Bonchev–Trinajstić information content (AvgIpc) is 2.86. The summed E-state index contributed by atoms with van der Waals surface area (Å²) in [6.45, 7) is 6.41. The lowest BCUT2D eigenvalue weighted by atomic mass is 10.1. The molecular weight excluding hydrogens is 238 g/mol. The highest BCUT2D eigenvalue weighted by Gasteiger charge is 2.08. The Hall–Kier alpha value is -1.94. The molecule has 0 amide bonds. The van der Waals surface area contributed by atoms with Crippen LogP contribution in [0.15, 0.2) is 47.5 Å². The molecule has 0 saturated heterocycles. The monoisotopic (exact) mass is 257 g/mol. The first-order chi connectivity index (χ1) is 9.28. The normalized spacial score (nSPS) is 12.3. The Kier molecular flexibility index (Phi) is 4.86. The molecule has 1 aromatic heterocycles. The smallest absolute Gasteiger partial charge is 0.240 e. The number of aromatic nitrogens is 2. The fourth-order valence-electron chi connectivity index (χ4n) is 1.81. The van der Waals surface area contributed by atoms with Gasteiger partial charge < -0.3 is 9.84 Å². The SMILES string of the molecule is C=CCC(C)NCc1nc(Cc2ccccc2)no1. The molecule has 0 saturated carbocycles. The van der Waals surface area contributed by atoms with Crippen LogP contribution in [0.4, 0.5) is 0 Å². The highest BCUT2D eigenvalue weighted by Crippen LogP contribution is 2.06. The van der Waals surface area contributed by atoms with Gasteiger partial charge in [0.2, 0.25) is 5.89 Å². The van der Waals surface area contributed by atoms with Crippen LogP contribution in [0.5, 0.6) is 0 Å². The molecule has 0 radical (unpaired) electrons. The van der Waals surface area contributed by atoms with E-state index in [1.807, 2.05) is 24.3 Å². The number of nitrogens with zero attached hydrogens (tertiary/aromatic N) is 2. The maximum atomic E-state index is 5.22. The Morgan fingerprint density at radius 2 is 2.16 bits per heavy atom. The Balaban J connectivity index is 1.87. The molecule has 1 N–H and O–H groups in total. The van der Waals surface area contributed by atoms with Crippen molar-refractivity contribution in [2.24, 2.45) is 0 Å². The van der Waals surface area contributed by atoms with Crippen LogP contribution in [0.25, 0.3) is 0 Å². The molecule has 1 atom stereocenters. The highest BCUT2D eigenvalue weighted by molar-refractivity contribution is 5.18. The topological polar surface area (TPSA) is 51.0 Å². The zero-order valence-electron chi connectivity index (χ0n) is 11.2. The summed E-state index contributed by atoms with van der Waals surface area (Å²) in [4.78, 5) is 4.37. The van der Waals surface area contributed by atoms with E-state index < -0.39 is 0 Å². The summed E-state index contributed by atoms with van der Waals surface area (Å²) in [6, 6.07) is 10.5. The van der Waals surface area contributed by atoms with Gasteiger partial charge in [0, 0.05) is 12.5 Å². The first-order valence-electron chi connectivity index (χ1n) is 6.47. The summed E-state index contributed by atoms with van der Waals surface area (Å²) in [5, 5.41) is 7.30. The van der Waals surface area contributed by atoms with Gasteiger partial charge in [-0.15, -0.1) is 6.58 Å². The van der Waals surface area contributed by atoms with Crippen LogP contribution in [0.3, 0.4) is 0 Å². The number of rotatable bonds is 7. The van der Waals surface area contributed by atoms with Gasteiger partial charge in [-0.1, -0.05) is 41.6 Å². The number of benzene rings is 1. The Morgan fingerprint density at radius 3 is 2.89 bits per heavy atom. The molecular formula is C15H19N3O. The van der Waals surface area contributed by atoms with Crippen LogP contribution in [-0.2, 0) is 13.0 Å². The lowest BCUT2D eigenvalue weighted by Gasteiger charge is -2.08. The molecule has 1 aromatic carbocycles. The number of nitrogens with one attached hydrogen (secondary N) is 1. The van der Waals surface area contributed by atoms with Crippen molar-refractivity contribution >= 4 is 0 Å². The van der Waals surface area contributed by atoms with Gasteiger partial charge in [-0.2, -0.15) is 4.98 Å². The molecule has 0 fully saturated rings. The van der Waals surface area contributed by atoms with Crippen LogP contribution in [0, 0.1) is 0 Å². The van der Waals surface area contributed by atoms with Gasteiger partial charge in [0.05, 0.1) is 6.54 Å². The predicted molar refractivity (Wildman–Crippen MR) is 74.7 cm³/mol. The second-order valence-electron chi connectivity index (χ2n) is 4.57. The Bertz CT molecular complexity index is 507. The second-order valence-corrected chi connectivity index (χ2v) is 4.57. The molecule has 100 valence electrons. The van der Waals surface area contributed by atoms with E-state index in [2.05, 4.69) is 41.1 Å². The molecule has 2 aromatic rings. The highest BCUT2D eigenvalue weighted by atomic mass is 16.5. The van der Waals surface area contributed by atoms with E-state index in [-0.39, 0.29) is 0 Å². The molecule has 19 heavy (non-hydrogen) atoms. The zero-order chi connectivity index (χ0) is 13.5. The quantitative estimate of drug-likeness (QED) is 0.775. The fraction of sp³-hybridized carbons (Fsp3) is 0.333. The van der Waals surface area contributed by atoms with Crippen molar-refractivity contribution in [2.45, 2.75) is 32.4 Å². The van der Waals surface area contributed by atoms with Gasteiger partial charge in [-0.05, 0) is 18.9 Å². The number of hydrogen-bond donors (Lipinski definition) is 1. The summed E-state index contributed by atoms with van der Waals surface area (Å²) < 4.78 is 5.22. The summed E-state index contributed by atoms with van der Waals surface area (Å²) in [7, 11) is 0. The van der Waals surface area contributed by atoms with Gasteiger partial charge >= 0.3 is 0 Å². The molecule has 0 spiro atoms. The minimum absolute atomic E-state index is 0.363. The van der Waals surface area contributed by atoms with Crippen molar-refractivity contribution in [3.05, 3.63) is 60.3 Å². The average molecular weight is 257 g/mol. The van der Waals surface area contributed by atoms with Crippen molar-refractivity contribution in [2.75, 3.05) is 0 Å². The fourth-order valence-corrected chi connectivity index (χ4v) is 1.81. The van der Waals surface area contributed by atoms with Crippen molar-refractivity contribution < 1.29 is 4.52 Å². The van der Waals surface area contributed by atoms with Gasteiger partial charge in [-0.25, -0.2) is 0 Å². The van der Waals surface area contributed by atoms with E-state index in [1.54, 1.807) is 0 Å². The third kappa shape index (κ3) is 4.34. The van der Waals surface area contributed by atoms with Gasteiger partial charge in [0.15, 0.2) is 5.82 Å². The van der Waals surface area contributed by atoms with Crippen molar-refractivity contribution in [3.8, 4) is 0 Å². The summed E-state index contributed by atoms with van der Waals surface area (Å²) >= 11 is 0. The molecule has 1 heterocycles. The van der Waals surface area contributed by atoms with Crippen molar-refractivity contribution in [3.63, 3.8) is 0 Å². The molecule has 2 rings (SSSR count). The van der Waals surface area contributed by atoms with Crippen LogP contribution in [0.2, 0.25) is 0 Å². The van der Waals surface area contributed by atoms with Crippen LogP contribution < -0.4 is 5.32 Å². The predicted octanol–water partition coefficient (Wildman–Crippen LogP) is 2.71. The summed E-state index contributed by atoms with van der Waals surface area (Å²) in [6.07, 6.45) is 3.52. The Labute approximate surface area is 113 Å². The van der Waals surface area contributed by atoms with Gasteiger partial charge in [-0.3, -0.25) is 0 Å². The minimum Gasteiger partial charge on any atom is -0.338 e. The molecule has 0 aliphatic rings. The lowest BCUT2D eigenvalue weighted by molar-refractivity contribution is 0.356. The maximum absolute atomic E-state index is 5.22. The van der Waals surface area contributed by atoms with E-state index in [4.69, 9.17) is 4.52 Å². The van der Waals surface area contributed by atoms with E-state index in [0.29, 0.717) is 24.9 Å². The largest absolute Gasteiger partial charge is 0.338 e. The molecule has 1 unspecified atom stereocenters. The molecule has 0 bridgehead atoms. The summed E-state index contributed by atoms with van der Waals surface area (Å²) in [5.74, 6) is 1.35. The third-order valence-electron chi connectivity index (χ3n) is 2.84. The van der Waals surface area contributed by atoms with Crippen molar-refractivity contribution in [1.82, 2.24) is 15.5 Å². The van der Waals surface area contributed by atoms with E-state index in [9.17, 15) is 0 Å². The number of hydrogen-bond acceptors (Lipinski definition) is 4. The standard InChI is InChI=1S/C15H19N3O/c1-3-7-12(2)16-11-15-17-14(18-19-15)10-13-8-5-4-6-9-13/h3-6,8-9,12,16H,1,7,10-11H2,2H3. The third-order valence-corrected chi connectivity index (χ3v) is 2.84. The van der Waals surface area contributed by atoms with Crippen molar-refractivity contribution in [1.29, 1.82) is 0 Å². The zero-order valence-corrected chi connectivity index (χ0v) is 11.2.